The van der Waals surface area contributed by atoms with Crippen LogP contribution in [0, 0.1) is 25.2 Å². The number of nitrogens with one attached hydrogen (secondary N) is 1. The summed E-state index contributed by atoms with van der Waals surface area (Å²) >= 11 is 1.67. The van der Waals surface area contributed by atoms with Crippen molar-refractivity contribution in [3.05, 3.63) is 57.9 Å². The summed E-state index contributed by atoms with van der Waals surface area (Å²) in [7, 11) is 0. The number of nitrogens with zero attached hydrogens (tertiary/aromatic N) is 3. The van der Waals surface area contributed by atoms with Crippen molar-refractivity contribution < 1.29 is 0 Å². The maximum Gasteiger partial charge on any atom is 0.194 e. The van der Waals surface area contributed by atoms with Gasteiger partial charge in [0, 0.05) is 24.2 Å². The van der Waals surface area contributed by atoms with Crippen LogP contribution in [0.15, 0.2) is 29.6 Å². The molecular formula is C16H16N4S. The molecule has 4 nitrogen and oxygen atoms in total. The molecule has 0 radical (unpaired) electrons. The van der Waals surface area contributed by atoms with Crippen LogP contribution in [-0.4, -0.2) is 9.38 Å². The third-order valence-electron chi connectivity index (χ3n) is 3.51. The second-order valence-corrected chi connectivity index (χ2v) is 5.89. The first-order chi connectivity index (χ1) is 10.2. The first-order valence-electron chi connectivity index (χ1n) is 6.81. The molecule has 1 aromatic carbocycles. The molecule has 0 amide bonds. The molecule has 0 saturated heterocycles. The molecule has 0 unspecified atom stereocenters. The zero-order valence-corrected chi connectivity index (χ0v) is 12.9. The van der Waals surface area contributed by atoms with Crippen LogP contribution in [0.5, 0.6) is 0 Å². The van der Waals surface area contributed by atoms with Crippen molar-refractivity contribution in [2.75, 3.05) is 0 Å². The second-order valence-electron chi connectivity index (χ2n) is 5.05. The lowest BCUT2D eigenvalue weighted by molar-refractivity contribution is 0.670. The predicted octanol–water partition coefficient (Wildman–Crippen LogP) is 3.17. The van der Waals surface area contributed by atoms with Gasteiger partial charge in [0.2, 0.25) is 0 Å². The summed E-state index contributed by atoms with van der Waals surface area (Å²) in [6.45, 7) is 5.66. The van der Waals surface area contributed by atoms with Gasteiger partial charge in [-0.3, -0.25) is 4.40 Å². The summed E-state index contributed by atoms with van der Waals surface area (Å²) < 4.78 is 2.21. The van der Waals surface area contributed by atoms with Gasteiger partial charge in [-0.2, -0.15) is 5.26 Å². The van der Waals surface area contributed by atoms with Gasteiger partial charge in [0.1, 0.15) is 0 Å². The maximum absolute atomic E-state index is 8.92. The van der Waals surface area contributed by atoms with E-state index in [1.807, 2.05) is 31.2 Å². The number of hydrogen-bond acceptors (Lipinski definition) is 4. The Balaban J connectivity index is 1.73. The van der Waals surface area contributed by atoms with E-state index >= 15 is 0 Å². The van der Waals surface area contributed by atoms with Gasteiger partial charge in [0.25, 0.3) is 0 Å². The standard InChI is InChI=1S/C16H16N4S/c1-11-10-21-16-19-12(2)15(20(11)16)9-18-8-14-5-3-4-13(6-14)7-17/h3-6,10,18H,8-9H2,1-2H3. The van der Waals surface area contributed by atoms with E-state index < -0.39 is 0 Å². The van der Waals surface area contributed by atoms with E-state index in [4.69, 9.17) is 5.26 Å². The molecule has 0 fully saturated rings. The van der Waals surface area contributed by atoms with E-state index in [0.29, 0.717) is 5.56 Å². The Labute approximate surface area is 127 Å². The molecule has 0 bridgehead atoms. The molecular weight excluding hydrogens is 280 g/mol. The Bertz CT molecular complexity index is 823. The molecule has 5 heteroatoms. The maximum atomic E-state index is 8.92. The van der Waals surface area contributed by atoms with Gasteiger partial charge < -0.3 is 5.32 Å². The second kappa shape index (κ2) is 5.68. The Kier molecular flexibility index (Phi) is 3.74. The highest BCUT2D eigenvalue weighted by molar-refractivity contribution is 7.15. The molecule has 21 heavy (non-hydrogen) atoms. The van der Waals surface area contributed by atoms with Crippen molar-refractivity contribution in [1.29, 1.82) is 5.26 Å². The summed E-state index contributed by atoms with van der Waals surface area (Å²) in [5, 5.41) is 14.5. The number of thiazole rings is 1. The summed E-state index contributed by atoms with van der Waals surface area (Å²) in [6.07, 6.45) is 0. The predicted molar refractivity (Wildman–Crippen MR) is 84.2 cm³/mol. The number of aromatic nitrogens is 2. The van der Waals surface area contributed by atoms with Crippen molar-refractivity contribution >= 4 is 16.3 Å². The third kappa shape index (κ3) is 2.68. The fraction of sp³-hybridized carbons (Fsp3) is 0.250. The first kappa shape index (κ1) is 13.8. The van der Waals surface area contributed by atoms with Crippen LogP contribution in [0.2, 0.25) is 0 Å². The Morgan fingerprint density at radius 3 is 3.00 bits per heavy atom. The lowest BCUT2D eigenvalue weighted by atomic mass is 10.1. The normalized spacial score (nSPS) is 10.9. The van der Waals surface area contributed by atoms with Crippen molar-refractivity contribution in [2.24, 2.45) is 0 Å². The summed E-state index contributed by atoms with van der Waals surface area (Å²) in [5.41, 5.74) is 5.32. The van der Waals surface area contributed by atoms with Crippen LogP contribution in [0.4, 0.5) is 0 Å². The smallest absolute Gasteiger partial charge is 0.194 e. The first-order valence-corrected chi connectivity index (χ1v) is 7.69. The molecule has 2 aromatic heterocycles. The molecule has 3 rings (SSSR count). The summed E-state index contributed by atoms with van der Waals surface area (Å²) in [5.74, 6) is 0. The monoisotopic (exact) mass is 296 g/mol. The molecule has 0 aliphatic carbocycles. The Morgan fingerprint density at radius 1 is 1.33 bits per heavy atom. The fourth-order valence-electron chi connectivity index (χ4n) is 2.45. The van der Waals surface area contributed by atoms with Gasteiger partial charge in [-0.25, -0.2) is 4.98 Å². The number of fused-ring (bicyclic) bond motifs is 1. The number of rotatable bonds is 4. The minimum atomic E-state index is 0.700. The number of benzene rings is 1. The fourth-order valence-corrected chi connectivity index (χ4v) is 3.38. The zero-order valence-electron chi connectivity index (χ0n) is 12.1. The lowest BCUT2D eigenvalue weighted by Gasteiger charge is -2.06. The molecule has 0 saturated carbocycles. The van der Waals surface area contributed by atoms with Gasteiger partial charge in [-0.05, 0) is 31.5 Å². The average molecular weight is 296 g/mol. The molecule has 106 valence electrons. The molecule has 3 aromatic rings. The molecule has 0 spiro atoms. The molecule has 2 heterocycles. The van der Waals surface area contributed by atoms with Crippen LogP contribution >= 0.6 is 11.3 Å². The quantitative estimate of drug-likeness (QED) is 0.804. The van der Waals surface area contributed by atoms with Gasteiger partial charge in [0.15, 0.2) is 4.96 Å². The van der Waals surface area contributed by atoms with Gasteiger partial charge in [0.05, 0.1) is 23.0 Å². The van der Waals surface area contributed by atoms with Crippen LogP contribution in [0.1, 0.15) is 28.2 Å². The van der Waals surface area contributed by atoms with Gasteiger partial charge >= 0.3 is 0 Å². The Hall–Kier alpha value is -2.16. The van der Waals surface area contributed by atoms with E-state index in [-0.39, 0.29) is 0 Å². The van der Waals surface area contributed by atoms with E-state index in [2.05, 4.69) is 33.1 Å². The number of aryl methyl sites for hydroxylation is 2. The third-order valence-corrected chi connectivity index (χ3v) is 4.45. The number of imidazole rings is 1. The number of nitriles is 1. The minimum absolute atomic E-state index is 0.700. The van der Waals surface area contributed by atoms with E-state index in [9.17, 15) is 0 Å². The molecule has 0 aliphatic heterocycles. The lowest BCUT2D eigenvalue weighted by Crippen LogP contribution is -2.15. The average Bonchev–Trinajstić information content (AvgIpc) is 3.00. The highest BCUT2D eigenvalue weighted by atomic mass is 32.1. The zero-order chi connectivity index (χ0) is 14.8. The number of hydrogen-bond donors (Lipinski definition) is 1. The van der Waals surface area contributed by atoms with Crippen LogP contribution in [-0.2, 0) is 13.1 Å². The molecule has 0 atom stereocenters. The topological polar surface area (TPSA) is 53.1 Å². The minimum Gasteiger partial charge on any atom is -0.307 e. The summed E-state index contributed by atoms with van der Waals surface area (Å²) in [6, 6.07) is 9.86. The van der Waals surface area contributed by atoms with Crippen molar-refractivity contribution in [1.82, 2.24) is 14.7 Å². The SMILES string of the molecule is Cc1nc2scc(C)n2c1CNCc1cccc(C#N)c1. The van der Waals surface area contributed by atoms with E-state index in [1.165, 1.54) is 11.4 Å². The van der Waals surface area contributed by atoms with E-state index in [1.54, 1.807) is 11.3 Å². The highest BCUT2D eigenvalue weighted by Crippen LogP contribution is 2.20. The van der Waals surface area contributed by atoms with Gasteiger partial charge in [-0.1, -0.05) is 12.1 Å². The van der Waals surface area contributed by atoms with Crippen molar-refractivity contribution in [3.8, 4) is 6.07 Å². The van der Waals surface area contributed by atoms with Crippen molar-refractivity contribution in [2.45, 2.75) is 26.9 Å². The molecule has 1 N–H and O–H groups in total. The summed E-state index contributed by atoms with van der Waals surface area (Å²) in [4.78, 5) is 5.63. The van der Waals surface area contributed by atoms with Gasteiger partial charge in [-0.15, -0.1) is 11.3 Å². The highest BCUT2D eigenvalue weighted by Gasteiger charge is 2.11. The van der Waals surface area contributed by atoms with Crippen LogP contribution < -0.4 is 5.32 Å². The van der Waals surface area contributed by atoms with Crippen molar-refractivity contribution in [3.63, 3.8) is 0 Å². The largest absolute Gasteiger partial charge is 0.307 e. The van der Waals surface area contributed by atoms with Crippen LogP contribution in [0.25, 0.3) is 4.96 Å². The van der Waals surface area contributed by atoms with E-state index in [0.717, 1.165) is 29.3 Å². The van der Waals surface area contributed by atoms with Crippen LogP contribution in [0.3, 0.4) is 0 Å². The Morgan fingerprint density at radius 2 is 2.19 bits per heavy atom. The molecule has 0 aliphatic rings.